The maximum absolute atomic E-state index is 12.8. The molecule has 2 aromatic heterocycles. The lowest BCUT2D eigenvalue weighted by Crippen LogP contribution is -2.40. The fraction of sp³-hybridized carbons (Fsp3) is 0.308. The first kappa shape index (κ1) is 21.4. The van der Waals surface area contributed by atoms with Gasteiger partial charge in [0, 0.05) is 31.1 Å². The van der Waals surface area contributed by atoms with Crippen LogP contribution in [0.25, 0.3) is 22.4 Å². The van der Waals surface area contributed by atoms with Crippen LogP contribution < -0.4 is 19.7 Å². The zero-order valence-electron chi connectivity index (χ0n) is 19.4. The normalized spacial score (nSPS) is 15.5. The van der Waals surface area contributed by atoms with E-state index in [1.165, 1.54) is 11.9 Å². The highest BCUT2D eigenvalue weighted by Gasteiger charge is 2.28. The Bertz CT molecular complexity index is 1380. The second-order valence-corrected chi connectivity index (χ2v) is 8.94. The number of ether oxygens (including phenoxy) is 2. The lowest BCUT2D eigenvalue weighted by Gasteiger charge is -2.32. The van der Waals surface area contributed by atoms with Gasteiger partial charge in [0.05, 0.1) is 0 Å². The van der Waals surface area contributed by atoms with E-state index in [-0.39, 0.29) is 18.6 Å². The van der Waals surface area contributed by atoms with Gasteiger partial charge < -0.3 is 24.2 Å². The van der Waals surface area contributed by atoms with Crippen LogP contribution >= 0.6 is 0 Å². The molecule has 35 heavy (non-hydrogen) atoms. The van der Waals surface area contributed by atoms with Gasteiger partial charge in [0.1, 0.15) is 23.2 Å². The molecule has 0 unspecified atom stereocenters. The van der Waals surface area contributed by atoms with E-state index in [2.05, 4.69) is 32.3 Å². The molecule has 4 heterocycles. The molecule has 1 saturated heterocycles. The van der Waals surface area contributed by atoms with Crippen molar-refractivity contribution in [1.29, 1.82) is 0 Å². The molecule has 9 heteroatoms. The van der Waals surface area contributed by atoms with Crippen molar-refractivity contribution in [3.63, 3.8) is 0 Å². The minimum Gasteiger partial charge on any atom is -0.454 e. The predicted octanol–water partition coefficient (Wildman–Crippen LogP) is 3.85. The smallest absolute Gasteiger partial charge is 0.263 e. The summed E-state index contributed by atoms with van der Waals surface area (Å²) in [5, 5.41) is 8.16. The van der Waals surface area contributed by atoms with Crippen molar-refractivity contribution >= 4 is 22.8 Å². The van der Waals surface area contributed by atoms with Gasteiger partial charge in [0.2, 0.25) is 12.7 Å². The minimum absolute atomic E-state index is 0.0448. The zero-order valence-corrected chi connectivity index (χ0v) is 19.4. The summed E-state index contributed by atoms with van der Waals surface area (Å²) >= 11 is 0. The van der Waals surface area contributed by atoms with Crippen molar-refractivity contribution < 1.29 is 18.8 Å². The second-order valence-electron chi connectivity index (χ2n) is 8.94. The topological polar surface area (TPSA) is 103 Å². The van der Waals surface area contributed by atoms with E-state index in [4.69, 9.17) is 14.0 Å². The number of carbonyl (C=O) groups is 1. The lowest BCUT2D eigenvalue weighted by atomic mass is 9.95. The molecule has 178 valence electrons. The number of fused-ring (bicyclic) bond motifs is 2. The van der Waals surface area contributed by atoms with E-state index in [1.807, 2.05) is 42.5 Å². The molecule has 1 N–H and O–H groups in total. The van der Waals surface area contributed by atoms with Gasteiger partial charge in [-0.2, -0.15) is 4.98 Å². The highest BCUT2D eigenvalue weighted by molar-refractivity contribution is 5.98. The van der Waals surface area contributed by atoms with Gasteiger partial charge in [-0.25, -0.2) is 4.98 Å². The van der Waals surface area contributed by atoms with E-state index in [1.54, 1.807) is 0 Å². The summed E-state index contributed by atoms with van der Waals surface area (Å²) in [6, 6.07) is 13.9. The largest absolute Gasteiger partial charge is 0.454 e. The van der Waals surface area contributed by atoms with Crippen LogP contribution in [0.5, 0.6) is 11.5 Å². The number of nitrogens with zero attached hydrogens (tertiary/aromatic N) is 4. The molecule has 1 fully saturated rings. The van der Waals surface area contributed by atoms with Crippen LogP contribution in [0.3, 0.4) is 0 Å². The number of benzene rings is 2. The first-order chi connectivity index (χ1) is 17.2. The SMILES string of the molecule is Cc1ccc(-c2noc3ncnc(N4CCC(C(=O)NCc5ccc6c(c5)OCO6)CC4)c23)cc1. The van der Waals surface area contributed by atoms with E-state index < -0.39 is 0 Å². The lowest BCUT2D eigenvalue weighted by molar-refractivity contribution is -0.125. The number of hydrogen-bond donors (Lipinski definition) is 1. The van der Waals surface area contributed by atoms with E-state index in [0.29, 0.717) is 25.3 Å². The summed E-state index contributed by atoms with van der Waals surface area (Å²) in [7, 11) is 0. The molecular weight excluding hydrogens is 446 g/mol. The van der Waals surface area contributed by atoms with Crippen LogP contribution in [-0.4, -0.2) is 40.9 Å². The Morgan fingerprint density at radius 2 is 1.86 bits per heavy atom. The van der Waals surface area contributed by atoms with Crippen LogP contribution in [-0.2, 0) is 11.3 Å². The Balaban J connectivity index is 1.13. The summed E-state index contributed by atoms with van der Waals surface area (Å²) in [6.07, 6.45) is 2.99. The Hall–Kier alpha value is -4.14. The van der Waals surface area contributed by atoms with Crippen LogP contribution in [0, 0.1) is 12.8 Å². The Morgan fingerprint density at radius 3 is 2.69 bits per heavy atom. The molecule has 0 aliphatic carbocycles. The number of anilines is 1. The summed E-state index contributed by atoms with van der Waals surface area (Å²) in [4.78, 5) is 23.9. The number of nitrogens with one attached hydrogen (secondary N) is 1. The number of carbonyl (C=O) groups excluding carboxylic acids is 1. The minimum atomic E-state index is -0.0448. The van der Waals surface area contributed by atoms with E-state index in [0.717, 1.165) is 52.4 Å². The average Bonchev–Trinajstić information content (AvgIpc) is 3.55. The summed E-state index contributed by atoms with van der Waals surface area (Å²) in [5.74, 6) is 2.28. The number of amides is 1. The van der Waals surface area contributed by atoms with Crippen molar-refractivity contribution in [2.24, 2.45) is 5.92 Å². The predicted molar refractivity (Wildman–Crippen MR) is 129 cm³/mol. The highest BCUT2D eigenvalue weighted by atomic mass is 16.7. The van der Waals surface area contributed by atoms with Gasteiger partial charge in [0.15, 0.2) is 11.5 Å². The van der Waals surface area contributed by atoms with Crippen molar-refractivity contribution in [3.8, 4) is 22.8 Å². The standard InChI is InChI=1S/C26H25N5O4/c1-16-2-5-18(6-3-16)23-22-24(28-14-29-26(22)35-30-23)31-10-8-19(9-11-31)25(32)27-13-17-4-7-20-21(12-17)34-15-33-20/h2-7,12,14,19H,8-11,13,15H2,1H3,(H,27,32). The van der Waals surface area contributed by atoms with Gasteiger partial charge in [-0.05, 0) is 37.5 Å². The molecule has 2 aliphatic heterocycles. The molecule has 0 bridgehead atoms. The molecule has 2 aromatic carbocycles. The van der Waals surface area contributed by atoms with Gasteiger partial charge in [-0.3, -0.25) is 4.79 Å². The van der Waals surface area contributed by atoms with Crippen molar-refractivity contribution in [2.75, 3.05) is 24.8 Å². The van der Waals surface area contributed by atoms with Gasteiger partial charge in [0.25, 0.3) is 5.71 Å². The van der Waals surface area contributed by atoms with Gasteiger partial charge in [-0.1, -0.05) is 41.1 Å². The summed E-state index contributed by atoms with van der Waals surface area (Å²) in [6.45, 7) is 4.18. The first-order valence-corrected chi connectivity index (χ1v) is 11.7. The zero-order chi connectivity index (χ0) is 23.8. The molecular formula is C26H25N5O4. The fourth-order valence-corrected chi connectivity index (χ4v) is 4.66. The van der Waals surface area contributed by atoms with Crippen molar-refractivity contribution in [3.05, 3.63) is 59.9 Å². The fourth-order valence-electron chi connectivity index (χ4n) is 4.66. The van der Waals surface area contributed by atoms with E-state index in [9.17, 15) is 4.79 Å². The highest BCUT2D eigenvalue weighted by Crippen LogP contribution is 2.35. The average molecular weight is 472 g/mol. The maximum Gasteiger partial charge on any atom is 0.263 e. The van der Waals surface area contributed by atoms with Crippen LogP contribution in [0.1, 0.15) is 24.0 Å². The molecule has 4 aromatic rings. The number of hydrogen-bond acceptors (Lipinski definition) is 8. The molecule has 0 spiro atoms. The molecule has 2 aliphatic rings. The monoisotopic (exact) mass is 471 g/mol. The Kier molecular flexibility index (Phi) is 5.44. The Labute approximate surface area is 202 Å². The maximum atomic E-state index is 12.8. The molecule has 6 rings (SSSR count). The second kappa shape index (κ2) is 8.90. The third kappa shape index (κ3) is 4.14. The molecule has 9 nitrogen and oxygen atoms in total. The molecule has 0 saturated carbocycles. The van der Waals surface area contributed by atoms with Crippen molar-refractivity contribution in [1.82, 2.24) is 20.4 Å². The first-order valence-electron chi connectivity index (χ1n) is 11.7. The number of piperidine rings is 1. The summed E-state index contributed by atoms with van der Waals surface area (Å²) < 4.78 is 16.3. The number of rotatable bonds is 5. The summed E-state index contributed by atoms with van der Waals surface area (Å²) in [5.41, 5.74) is 4.33. The third-order valence-corrected chi connectivity index (χ3v) is 6.65. The number of aromatic nitrogens is 3. The van der Waals surface area contributed by atoms with Gasteiger partial charge in [-0.15, -0.1) is 0 Å². The van der Waals surface area contributed by atoms with Crippen LogP contribution in [0.2, 0.25) is 0 Å². The molecule has 0 atom stereocenters. The quantitative estimate of drug-likeness (QED) is 0.468. The van der Waals surface area contributed by atoms with Crippen LogP contribution in [0.15, 0.2) is 53.3 Å². The molecule has 1 amide bonds. The van der Waals surface area contributed by atoms with Crippen LogP contribution in [0.4, 0.5) is 5.82 Å². The third-order valence-electron chi connectivity index (χ3n) is 6.65. The molecule has 0 radical (unpaired) electrons. The number of aryl methyl sites for hydroxylation is 1. The van der Waals surface area contributed by atoms with Crippen molar-refractivity contribution in [2.45, 2.75) is 26.3 Å². The Morgan fingerprint density at radius 1 is 1.06 bits per heavy atom. The van der Waals surface area contributed by atoms with Gasteiger partial charge >= 0.3 is 0 Å². The van der Waals surface area contributed by atoms with E-state index >= 15 is 0 Å².